The first-order valence-electron chi connectivity index (χ1n) is 7.97. The molecular weight excluding hydrogens is 336 g/mol. The van der Waals surface area contributed by atoms with Gasteiger partial charge in [-0.3, -0.25) is 4.99 Å². The summed E-state index contributed by atoms with van der Waals surface area (Å²) in [6.07, 6.45) is 0. The minimum atomic E-state index is -3.44. The largest absolute Gasteiger partial charge is 0.352 e. The summed E-state index contributed by atoms with van der Waals surface area (Å²) in [4.78, 5) is 4.43. The van der Waals surface area contributed by atoms with Gasteiger partial charge in [0.2, 0.25) is 10.0 Å². The molecule has 0 bridgehead atoms. The van der Waals surface area contributed by atoms with Crippen molar-refractivity contribution in [2.75, 3.05) is 14.1 Å². The summed E-state index contributed by atoms with van der Waals surface area (Å²) in [6.45, 7) is 3.19. The van der Waals surface area contributed by atoms with Crippen LogP contribution in [0, 0.1) is 6.92 Å². The maximum atomic E-state index is 11.9. The molecule has 134 valence electrons. The smallest absolute Gasteiger partial charge is 0.240 e. The van der Waals surface area contributed by atoms with E-state index in [0.717, 1.165) is 11.1 Å². The summed E-state index contributed by atoms with van der Waals surface area (Å²) in [5, 5.41) is 6.43. The standard InChI is InChI=1S/C18H24N4O2S/c1-14-7-9-15(10-8-14)12-21-18(19-2)22-13-16-5-4-6-17(11-16)25(23,24)20-3/h4-11,20H,12-13H2,1-3H3,(H2,19,21,22). The van der Waals surface area contributed by atoms with Crippen molar-refractivity contribution in [1.82, 2.24) is 15.4 Å². The molecule has 25 heavy (non-hydrogen) atoms. The van der Waals surface area contributed by atoms with E-state index in [9.17, 15) is 8.42 Å². The van der Waals surface area contributed by atoms with Gasteiger partial charge in [0.25, 0.3) is 0 Å². The summed E-state index contributed by atoms with van der Waals surface area (Å²) in [6, 6.07) is 15.1. The molecule has 0 radical (unpaired) electrons. The van der Waals surface area contributed by atoms with Crippen LogP contribution in [0.2, 0.25) is 0 Å². The Balaban J connectivity index is 1.94. The lowest BCUT2D eigenvalue weighted by molar-refractivity contribution is 0.588. The van der Waals surface area contributed by atoms with E-state index < -0.39 is 10.0 Å². The third kappa shape index (κ3) is 5.58. The molecule has 0 heterocycles. The zero-order valence-corrected chi connectivity index (χ0v) is 15.5. The molecule has 2 rings (SSSR count). The van der Waals surface area contributed by atoms with E-state index in [2.05, 4.69) is 51.5 Å². The zero-order valence-electron chi connectivity index (χ0n) is 14.7. The minimum absolute atomic E-state index is 0.247. The summed E-state index contributed by atoms with van der Waals surface area (Å²) in [5.74, 6) is 0.655. The number of aryl methyl sites for hydroxylation is 1. The Morgan fingerprint density at radius 3 is 2.24 bits per heavy atom. The van der Waals surface area contributed by atoms with Crippen LogP contribution in [0.15, 0.2) is 58.4 Å². The van der Waals surface area contributed by atoms with E-state index in [1.807, 2.05) is 6.07 Å². The van der Waals surface area contributed by atoms with E-state index in [1.54, 1.807) is 25.2 Å². The van der Waals surface area contributed by atoms with Crippen LogP contribution >= 0.6 is 0 Å². The lowest BCUT2D eigenvalue weighted by Crippen LogP contribution is -2.36. The number of nitrogens with zero attached hydrogens (tertiary/aromatic N) is 1. The number of guanidine groups is 1. The molecule has 6 nitrogen and oxygen atoms in total. The van der Waals surface area contributed by atoms with Gasteiger partial charge < -0.3 is 10.6 Å². The van der Waals surface area contributed by atoms with Gasteiger partial charge in [-0.2, -0.15) is 0 Å². The Kier molecular flexibility index (Phi) is 6.55. The molecule has 0 aliphatic heterocycles. The molecule has 0 fully saturated rings. The second kappa shape index (κ2) is 8.64. The third-order valence-electron chi connectivity index (χ3n) is 3.74. The quantitative estimate of drug-likeness (QED) is 0.542. The lowest BCUT2D eigenvalue weighted by Gasteiger charge is -2.13. The molecule has 2 aromatic carbocycles. The molecule has 7 heteroatoms. The average Bonchev–Trinajstić information content (AvgIpc) is 2.63. The number of benzene rings is 2. The highest BCUT2D eigenvalue weighted by atomic mass is 32.2. The molecule has 2 aromatic rings. The summed E-state index contributed by atoms with van der Waals surface area (Å²) in [5.41, 5.74) is 3.24. The van der Waals surface area contributed by atoms with Crippen LogP contribution in [-0.2, 0) is 23.1 Å². The normalized spacial score (nSPS) is 12.0. The van der Waals surface area contributed by atoms with Gasteiger partial charge in [-0.15, -0.1) is 0 Å². The van der Waals surface area contributed by atoms with Crippen molar-refractivity contribution in [2.45, 2.75) is 24.9 Å². The summed E-state index contributed by atoms with van der Waals surface area (Å²) < 4.78 is 26.0. The van der Waals surface area contributed by atoms with E-state index in [-0.39, 0.29) is 4.90 Å². The predicted molar refractivity (Wildman–Crippen MR) is 101 cm³/mol. The van der Waals surface area contributed by atoms with Gasteiger partial charge in [-0.1, -0.05) is 42.0 Å². The number of sulfonamides is 1. The lowest BCUT2D eigenvalue weighted by atomic mass is 10.1. The van der Waals surface area contributed by atoms with E-state index in [0.29, 0.717) is 19.0 Å². The highest BCUT2D eigenvalue weighted by Gasteiger charge is 2.11. The molecule has 0 aromatic heterocycles. The number of hydrogen-bond acceptors (Lipinski definition) is 3. The van der Waals surface area contributed by atoms with Crippen LogP contribution in [0.4, 0.5) is 0 Å². The number of nitrogens with one attached hydrogen (secondary N) is 3. The van der Waals surface area contributed by atoms with Gasteiger partial charge in [-0.25, -0.2) is 13.1 Å². The van der Waals surface area contributed by atoms with E-state index in [1.165, 1.54) is 12.6 Å². The Hall–Kier alpha value is -2.38. The van der Waals surface area contributed by atoms with Gasteiger partial charge in [0.15, 0.2) is 5.96 Å². The zero-order chi connectivity index (χ0) is 18.3. The predicted octanol–water partition coefficient (Wildman–Crippen LogP) is 1.77. The second-order valence-electron chi connectivity index (χ2n) is 5.62. The third-order valence-corrected chi connectivity index (χ3v) is 5.15. The van der Waals surface area contributed by atoms with Crippen molar-refractivity contribution in [1.29, 1.82) is 0 Å². The van der Waals surface area contributed by atoms with Crippen LogP contribution in [0.5, 0.6) is 0 Å². The maximum absolute atomic E-state index is 11.9. The Bertz CT molecular complexity index is 830. The molecule has 0 aliphatic rings. The van der Waals surface area contributed by atoms with Gasteiger partial charge in [0.1, 0.15) is 0 Å². The second-order valence-corrected chi connectivity index (χ2v) is 7.51. The van der Waals surface area contributed by atoms with Crippen LogP contribution in [-0.4, -0.2) is 28.5 Å². The van der Waals surface area contributed by atoms with Crippen molar-refractivity contribution in [3.63, 3.8) is 0 Å². The molecule has 0 saturated heterocycles. The van der Waals surface area contributed by atoms with Gasteiger partial charge >= 0.3 is 0 Å². The van der Waals surface area contributed by atoms with Gasteiger partial charge in [-0.05, 0) is 37.2 Å². The maximum Gasteiger partial charge on any atom is 0.240 e. The Morgan fingerprint density at radius 1 is 1.00 bits per heavy atom. The van der Waals surface area contributed by atoms with Crippen molar-refractivity contribution >= 4 is 16.0 Å². The van der Waals surface area contributed by atoms with E-state index in [4.69, 9.17) is 0 Å². The first-order chi connectivity index (χ1) is 11.9. The first kappa shape index (κ1) is 19.0. The SMILES string of the molecule is CN=C(NCc1ccc(C)cc1)NCc1cccc(S(=O)(=O)NC)c1. The molecule has 0 unspecified atom stereocenters. The molecule has 3 N–H and O–H groups in total. The van der Waals surface area contributed by atoms with Crippen LogP contribution in [0.1, 0.15) is 16.7 Å². The number of rotatable bonds is 6. The topological polar surface area (TPSA) is 82.6 Å². The fraction of sp³-hybridized carbons (Fsp3) is 0.278. The van der Waals surface area contributed by atoms with Gasteiger partial charge in [0.05, 0.1) is 4.90 Å². The fourth-order valence-corrected chi connectivity index (χ4v) is 3.04. The van der Waals surface area contributed by atoms with Crippen LogP contribution < -0.4 is 15.4 Å². The summed E-state index contributed by atoms with van der Waals surface area (Å²) >= 11 is 0. The van der Waals surface area contributed by atoms with E-state index >= 15 is 0 Å². The fourth-order valence-electron chi connectivity index (χ4n) is 2.24. The first-order valence-corrected chi connectivity index (χ1v) is 9.45. The highest BCUT2D eigenvalue weighted by Crippen LogP contribution is 2.11. The molecular formula is C18H24N4O2S. The van der Waals surface area contributed by atoms with Crippen molar-refractivity contribution in [3.8, 4) is 0 Å². The minimum Gasteiger partial charge on any atom is -0.352 e. The monoisotopic (exact) mass is 360 g/mol. The number of hydrogen-bond donors (Lipinski definition) is 3. The van der Waals surface area contributed by atoms with Crippen molar-refractivity contribution < 1.29 is 8.42 Å². The Morgan fingerprint density at radius 2 is 1.64 bits per heavy atom. The summed E-state index contributed by atoms with van der Waals surface area (Å²) in [7, 11) is -0.338. The molecule has 0 spiro atoms. The van der Waals surface area contributed by atoms with Crippen LogP contribution in [0.25, 0.3) is 0 Å². The molecule has 0 aliphatic carbocycles. The van der Waals surface area contributed by atoms with Crippen LogP contribution in [0.3, 0.4) is 0 Å². The number of aliphatic imine (C=N–C) groups is 1. The van der Waals surface area contributed by atoms with Crippen molar-refractivity contribution in [2.24, 2.45) is 4.99 Å². The molecule has 0 amide bonds. The van der Waals surface area contributed by atoms with Crippen molar-refractivity contribution in [3.05, 3.63) is 65.2 Å². The average molecular weight is 360 g/mol. The molecule has 0 saturated carbocycles. The molecule has 0 atom stereocenters. The Labute approximate surface area is 149 Å². The highest BCUT2D eigenvalue weighted by molar-refractivity contribution is 7.89. The van der Waals surface area contributed by atoms with Gasteiger partial charge in [0, 0.05) is 20.1 Å².